The molecule has 4 nitrogen and oxygen atoms in total. The smallest absolute Gasteiger partial charge is 0.350 e. The van der Waals surface area contributed by atoms with Crippen LogP contribution >= 0.6 is 23.1 Å². The highest BCUT2D eigenvalue weighted by Crippen LogP contribution is 2.41. The summed E-state index contributed by atoms with van der Waals surface area (Å²) in [5.74, 6) is -0.364. The predicted molar refractivity (Wildman–Crippen MR) is 75.2 cm³/mol. The molecule has 0 atom stereocenters. The molecule has 1 aromatic rings. The molecular formula is C11H16N2O2S2. The maximum Gasteiger partial charge on any atom is 0.350 e. The van der Waals surface area contributed by atoms with Crippen LogP contribution in [-0.4, -0.2) is 25.4 Å². The number of anilines is 2. The zero-order chi connectivity index (χ0) is 12.8. The van der Waals surface area contributed by atoms with Crippen LogP contribution in [0.1, 0.15) is 16.6 Å². The van der Waals surface area contributed by atoms with Gasteiger partial charge in [0, 0.05) is 6.54 Å². The number of ether oxygens (including phenoxy) is 1. The molecule has 0 amide bonds. The largest absolute Gasteiger partial charge is 0.462 e. The number of hydrogen-bond donors (Lipinski definition) is 2. The maximum atomic E-state index is 11.7. The molecule has 0 aliphatic rings. The lowest BCUT2D eigenvalue weighted by Crippen LogP contribution is -2.04. The molecule has 0 saturated heterocycles. The van der Waals surface area contributed by atoms with Gasteiger partial charge in [-0.05, 0) is 13.2 Å². The van der Waals surface area contributed by atoms with Gasteiger partial charge in [-0.1, -0.05) is 6.08 Å². The van der Waals surface area contributed by atoms with E-state index in [0.717, 1.165) is 9.90 Å². The lowest BCUT2D eigenvalue weighted by atomic mass is 10.4. The molecule has 0 unspecified atom stereocenters. The van der Waals surface area contributed by atoms with E-state index in [1.54, 1.807) is 13.0 Å². The quantitative estimate of drug-likeness (QED) is 0.473. The van der Waals surface area contributed by atoms with E-state index in [0.29, 0.717) is 23.7 Å². The van der Waals surface area contributed by atoms with Gasteiger partial charge in [0.25, 0.3) is 0 Å². The number of esters is 1. The third-order valence-electron chi connectivity index (χ3n) is 1.97. The van der Waals surface area contributed by atoms with Crippen molar-refractivity contribution in [2.45, 2.75) is 11.8 Å². The summed E-state index contributed by atoms with van der Waals surface area (Å²) in [6.07, 6.45) is 3.68. The van der Waals surface area contributed by atoms with Gasteiger partial charge in [-0.2, -0.15) is 0 Å². The van der Waals surface area contributed by atoms with Crippen molar-refractivity contribution in [2.24, 2.45) is 0 Å². The van der Waals surface area contributed by atoms with Gasteiger partial charge in [0.2, 0.25) is 0 Å². The van der Waals surface area contributed by atoms with E-state index in [4.69, 9.17) is 10.5 Å². The molecule has 17 heavy (non-hydrogen) atoms. The summed E-state index contributed by atoms with van der Waals surface area (Å²) in [5, 5.41) is 4.05. The highest BCUT2D eigenvalue weighted by molar-refractivity contribution is 7.99. The molecule has 94 valence electrons. The van der Waals surface area contributed by atoms with Crippen LogP contribution in [0.25, 0.3) is 0 Å². The summed E-state index contributed by atoms with van der Waals surface area (Å²) < 4.78 is 4.96. The Bertz CT molecular complexity index is 416. The van der Waals surface area contributed by atoms with Crippen molar-refractivity contribution in [3.05, 3.63) is 17.5 Å². The number of carbonyl (C=O) groups excluding carboxylic acids is 1. The van der Waals surface area contributed by atoms with Crippen molar-refractivity contribution >= 4 is 39.8 Å². The van der Waals surface area contributed by atoms with Crippen LogP contribution in [0.3, 0.4) is 0 Å². The number of thioether (sulfide) groups is 1. The van der Waals surface area contributed by atoms with Gasteiger partial charge in [0.1, 0.15) is 9.88 Å². The first-order valence-electron chi connectivity index (χ1n) is 5.13. The Hall–Kier alpha value is -1.14. The molecule has 0 bridgehead atoms. The number of rotatable bonds is 6. The Morgan fingerprint density at radius 1 is 1.71 bits per heavy atom. The van der Waals surface area contributed by atoms with Gasteiger partial charge in [0.05, 0.1) is 17.2 Å². The predicted octanol–water partition coefficient (Wildman–Crippen LogP) is 2.83. The Labute approximate surface area is 109 Å². The summed E-state index contributed by atoms with van der Waals surface area (Å²) in [7, 11) is 0. The van der Waals surface area contributed by atoms with E-state index in [2.05, 4.69) is 11.9 Å². The first-order valence-corrected chi connectivity index (χ1v) is 7.17. The fourth-order valence-corrected chi connectivity index (χ4v) is 3.20. The van der Waals surface area contributed by atoms with Gasteiger partial charge in [-0.25, -0.2) is 4.79 Å². The fraction of sp³-hybridized carbons (Fsp3) is 0.364. The number of carbonyl (C=O) groups is 1. The molecule has 3 N–H and O–H groups in total. The molecule has 0 aliphatic carbocycles. The highest BCUT2D eigenvalue weighted by atomic mass is 32.2. The van der Waals surface area contributed by atoms with Crippen LogP contribution in [0.2, 0.25) is 0 Å². The molecule has 0 spiro atoms. The van der Waals surface area contributed by atoms with Crippen molar-refractivity contribution < 1.29 is 9.53 Å². The van der Waals surface area contributed by atoms with Crippen molar-refractivity contribution in [3.8, 4) is 0 Å². The number of thiophene rings is 1. The lowest BCUT2D eigenvalue weighted by Gasteiger charge is -2.02. The molecule has 0 radical (unpaired) electrons. The summed E-state index contributed by atoms with van der Waals surface area (Å²) in [5.41, 5.74) is 6.43. The molecule has 1 heterocycles. The van der Waals surface area contributed by atoms with Crippen LogP contribution < -0.4 is 11.1 Å². The second kappa shape index (κ2) is 6.56. The van der Waals surface area contributed by atoms with E-state index in [1.807, 2.05) is 6.26 Å². The van der Waals surface area contributed by atoms with E-state index < -0.39 is 0 Å². The molecular weight excluding hydrogens is 256 g/mol. The third kappa shape index (κ3) is 3.17. The Balaban J connectivity index is 3.03. The second-order valence-corrected chi connectivity index (χ2v) is 4.93. The van der Waals surface area contributed by atoms with Gasteiger partial charge in [-0.3, -0.25) is 0 Å². The summed E-state index contributed by atoms with van der Waals surface area (Å²) >= 11 is 2.83. The number of nitrogens with two attached hydrogens (primary N) is 1. The van der Waals surface area contributed by atoms with E-state index >= 15 is 0 Å². The molecule has 0 saturated carbocycles. The first kappa shape index (κ1) is 13.9. The van der Waals surface area contributed by atoms with Gasteiger partial charge in [0.15, 0.2) is 0 Å². The van der Waals surface area contributed by atoms with Crippen molar-refractivity contribution in [2.75, 3.05) is 30.5 Å². The Morgan fingerprint density at radius 3 is 2.94 bits per heavy atom. The average molecular weight is 272 g/mol. The topological polar surface area (TPSA) is 64.3 Å². The first-order chi connectivity index (χ1) is 8.15. The van der Waals surface area contributed by atoms with E-state index in [1.165, 1.54) is 23.1 Å². The summed E-state index contributed by atoms with van der Waals surface area (Å²) in [4.78, 5) is 13.0. The van der Waals surface area contributed by atoms with Crippen molar-refractivity contribution in [1.82, 2.24) is 0 Å². The highest BCUT2D eigenvalue weighted by Gasteiger charge is 2.21. The second-order valence-electron chi connectivity index (χ2n) is 3.10. The van der Waals surface area contributed by atoms with Crippen LogP contribution in [0.4, 0.5) is 10.7 Å². The SMILES string of the molecule is C=CCNc1sc(C(=O)OCC)c(N)c1SC. The average Bonchev–Trinajstić information content (AvgIpc) is 2.63. The Kier molecular flexibility index (Phi) is 5.37. The molecule has 0 fully saturated rings. The summed E-state index contributed by atoms with van der Waals surface area (Å²) in [6, 6.07) is 0. The zero-order valence-electron chi connectivity index (χ0n) is 9.91. The maximum absolute atomic E-state index is 11.7. The van der Waals surface area contributed by atoms with Crippen LogP contribution in [0.5, 0.6) is 0 Å². The van der Waals surface area contributed by atoms with Crippen LogP contribution in [0.15, 0.2) is 17.6 Å². The Morgan fingerprint density at radius 2 is 2.41 bits per heavy atom. The minimum atomic E-state index is -0.364. The molecule has 6 heteroatoms. The van der Waals surface area contributed by atoms with E-state index in [-0.39, 0.29) is 5.97 Å². The summed E-state index contributed by atoms with van der Waals surface area (Å²) in [6.45, 7) is 6.39. The lowest BCUT2D eigenvalue weighted by molar-refractivity contribution is 0.0533. The number of nitrogens with one attached hydrogen (secondary N) is 1. The standard InChI is InChI=1S/C11H16N2O2S2/c1-4-6-13-10-8(16-3)7(12)9(17-10)11(14)15-5-2/h4,13H,1,5-6,12H2,2-3H3. The van der Waals surface area contributed by atoms with Crippen molar-refractivity contribution in [1.29, 1.82) is 0 Å². The van der Waals surface area contributed by atoms with Gasteiger partial charge >= 0.3 is 5.97 Å². The molecule has 0 aromatic carbocycles. The van der Waals surface area contributed by atoms with Crippen LogP contribution in [0, 0.1) is 0 Å². The zero-order valence-corrected chi connectivity index (χ0v) is 11.5. The van der Waals surface area contributed by atoms with Crippen LogP contribution in [-0.2, 0) is 4.74 Å². The third-order valence-corrected chi connectivity index (χ3v) is 4.08. The van der Waals surface area contributed by atoms with E-state index in [9.17, 15) is 4.79 Å². The normalized spacial score (nSPS) is 10.0. The van der Waals surface area contributed by atoms with Gasteiger partial charge in [-0.15, -0.1) is 29.7 Å². The number of hydrogen-bond acceptors (Lipinski definition) is 6. The molecule has 0 aliphatic heterocycles. The molecule has 1 aromatic heterocycles. The minimum Gasteiger partial charge on any atom is -0.462 e. The van der Waals surface area contributed by atoms with Crippen molar-refractivity contribution in [3.63, 3.8) is 0 Å². The minimum absolute atomic E-state index is 0.347. The number of nitrogen functional groups attached to an aromatic ring is 1. The fourth-order valence-electron chi connectivity index (χ4n) is 1.26. The monoisotopic (exact) mass is 272 g/mol. The molecule has 1 rings (SSSR count). The van der Waals surface area contributed by atoms with Gasteiger partial charge < -0.3 is 15.8 Å².